The Labute approximate surface area is 104 Å². The number of hydrogen-bond acceptors (Lipinski definition) is 2. The van der Waals surface area contributed by atoms with Crippen molar-refractivity contribution in [2.24, 2.45) is 0 Å². The topological polar surface area (TPSA) is 24.9 Å². The van der Waals surface area contributed by atoms with Gasteiger partial charge < -0.3 is 5.32 Å². The van der Waals surface area contributed by atoms with Gasteiger partial charge in [-0.1, -0.05) is 42.0 Å². The fourth-order valence-electron chi connectivity index (χ4n) is 1.23. The summed E-state index contributed by atoms with van der Waals surface area (Å²) >= 11 is 11.1. The number of halogens is 1. The molecule has 0 bridgehead atoms. The van der Waals surface area contributed by atoms with Gasteiger partial charge in [-0.15, -0.1) is 0 Å². The maximum atomic E-state index is 5.80. The van der Waals surface area contributed by atoms with Crippen LogP contribution in [-0.4, -0.2) is 9.97 Å². The van der Waals surface area contributed by atoms with Gasteiger partial charge in [0.2, 0.25) is 0 Å². The van der Waals surface area contributed by atoms with E-state index in [0.29, 0.717) is 10.0 Å². The summed E-state index contributed by atoms with van der Waals surface area (Å²) in [6.07, 6.45) is 1.72. The van der Waals surface area contributed by atoms with Crippen LogP contribution in [-0.2, 0) is 0 Å². The molecule has 1 aromatic carbocycles. The number of thiocarbonyl (C=S) groups is 1. The number of nitrogens with one attached hydrogen (secondary N) is 1. The minimum atomic E-state index is 0.635. The summed E-state index contributed by atoms with van der Waals surface area (Å²) < 4.78 is 0. The Morgan fingerprint density at radius 2 is 1.88 bits per heavy atom. The van der Waals surface area contributed by atoms with Gasteiger partial charge in [0, 0.05) is 16.8 Å². The van der Waals surface area contributed by atoms with Crippen molar-refractivity contribution < 1.29 is 0 Å². The van der Waals surface area contributed by atoms with Crippen molar-refractivity contribution in [2.75, 3.05) is 5.32 Å². The monoisotopic (exact) mass is 248 g/mol. The molecule has 2 rings (SSSR count). The average molecular weight is 249 g/mol. The third-order valence-corrected chi connectivity index (χ3v) is 2.60. The van der Waals surface area contributed by atoms with Crippen molar-refractivity contribution in [1.29, 1.82) is 0 Å². The molecule has 1 N–H and O–H groups in total. The Hall–Kier alpha value is -1.45. The van der Waals surface area contributed by atoms with Crippen LogP contribution in [0.5, 0.6) is 0 Å². The zero-order chi connectivity index (χ0) is 11.4. The molecule has 2 nitrogen and oxygen atoms in total. The summed E-state index contributed by atoms with van der Waals surface area (Å²) in [7, 11) is 0. The van der Waals surface area contributed by atoms with E-state index in [0.717, 1.165) is 11.4 Å². The van der Waals surface area contributed by atoms with E-state index >= 15 is 0 Å². The second-order valence-corrected chi connectivity index (χ2v) is 4.02. The molecule has 0 aliphatic rings. The first kappa shape index (κ1) is 11.0. The Morgan fingerprint density at radius 1 is 1.12 bits per heavy atom. The highest BCUT2D eigenvalue weighted by Crippen LogP contribution is 2.11. The van der Waals surface area contributed by atoms with Gasteiger partial charge in [-0.3, -0.25) is 0 Å². The van der Waals surface area contributed by atoms with Crippen molar-refractivity contribution in [1.82, 2.24) is 4.98 Å². The van der Waals surface area contributed by atoms with Gasteiger partial charge in [-0.2, -0.15) is 0 Å². The van der Waals surface area contributed by atoms with Crippen molar-refractivity contribution in [3.05, 3.63) is 59.2 Å². The van der Waals surface area contributed by atoms with Crippen LogP contribution in [0.1, 0.15) is 5.56 Å². The third-order valence-electron chi connectivity index (χ3n) is 2.01. The lowest BCUT2D eigenvalue weighted by atomic mass is 10.2. The molecular formula is C12H9ClN2S. The summed E-state index contributed by atoms with van der Waals surface area (Å²) in [5.41, 5.74) is 0.921. The molecule has 0 amide bonds. The lowest BCUT2D eigenvalue weighted by Gasteiger charge is -2.06. The molecule has 0 aliphatic heterocycles. The maximum absolute atomic E-state index is 5.80. The highest BCUT2D eigenvalue weighted by atomic mass is 35.5. The van der Waals surface area contributed by atoms with Crippen LogP contribution in [0.25, 0.3) is 0 Å². The molecule has 0 atom stereocenters. The van der Waals surface area contributed by atoms with E-state index in [4.69, 9.17) is 23.8 Å². The number of benzene rings is 1. The standard InChI is InChI=1S/C12H9ClN2S/c13-10-6-4-9(5-7-10)12(16)15-11-3-1-2-8-14-11/h1-8H,(H,14,15,16). The lowest BCUT2D eigenvalue weighted by Crippen LogP contribution is -2.11. The fraction of sp³-hybridized carbons (Fsp3) is 0. The molecule has 0 saturated carbocycles. The van der Waals surface area contributed by atoms with Crippen molar-refractivity contribution in [2.45, 2.75) is 0 Å². The normalized spacial score (nSPS) is 9.81. The first-order valence-electron chi connectivity index (χ1n) is 4.73. The zero-order valence-electron chi connectivity index (χ0n) is 8.35. The highest BCUT2D eigenvalue weighted by Gasteiger charge is 2.01. The number of aromatic nitrogens is 1. The molecule has 0 unspecified atom stereocenters. The van der Waals surface area contributed by atoms with E-state index in [1.165, 1.54) is 0 Å². The van der Waals surface area contributed by atoms with Gasteiger partial charge in [0.25, 0.3) is 0 Å². The molecule has 0 spiro atoms. The number of anilines is 1. The third kappa shape index (κ3) is 2.78. The number of hydrogen-bond donors (Lipinski definition) is 1. The number of rotatable bonds is 2. The van der Waals surface area contributed by atoms with E-state index in [2.05, 4.69) is 10.3 Å². The molecule has 1 aromatic heterocycles. The molecule has 0 fully saturated rings. The van der Waals surface area contributed by atoms with Crippen LogP contribution in [0.3, 0.4) is 0 Å². The minimum absolute atomic E-state index is 0.635. The van der Waals surface area contributed by atoms with Gasteiger partial charge in [0.05, 0.1) is 0 Å². The van der Waals surface area contributed by atoms with E-state index in [-0.39, 0.29) is 0 Å². The largest absolute Gasteiger partial charge is 0.331 e. The van der Waals surface area contributed by atoms with Crippen molar-refractivity contribution in [3.8, 4) is 0 Å². The van der Waals surface area contributed by atoms with Crippen molar-refractivity contribution in [3.63, 3.8) is 0 Å². The quantitative estimate of drug-likeness (QED) is 0.824. The molecule has 0 aliphatic carbocycles. The molecular weight excluding hydrogens is 240 g/mol. The number of nitrogens with zero attached hydrogens (tertiary/aromatic N) is 1. The Balaban J connectivity index is 2.12. The first-order chi connectivity index (χ1) is 7.75. The van der Waals surface area contributed by atoms with Gasteiger partial charge in [-0.25, -0.2) is 4.98 Å². The Kier molecular flexibility index (Phi) is 3.49. The maximum Gasteiger partial charge on any atom is 0.130 e. The predicted octanol–water partition coefficient (Wildman–Crippen LogP) is 3.52. The smallest absolute Gasteiger partial charge is 0.130 e. The predicted molar refractivity (Wildman–Crippen MR) is 71.0 cm³/mol. The second kappa shape index (κ2) is 5.05. The molecule has 2 aromatic rings. The van der Waals surface area contributed by atoms with Crippen LogP contribution in [0, 0.1) is 0 Å². The SMILES string of the molecule is S=C(Nc1ccccn1)c1ccc(Cl)cc1. The second-order valence-electron chi connectivity index (χ2n) is 3.18. The molecule has 0 saturated heterocycles. The summed E-state index contributed by atoms with van der Waals surface area (Å²) in [6, 6.07) is 13.0. The van der Waals surface area contributed by atoms with Crippen LogP contribution < -0.4 is 5.32 Å². The summed E-state index contributed by atoms with van der Waals surface area (Å²) in [5, 5.41) is 3.75. The molecule has 1 heterocycles. The zero-order valence-corrected chi connectivity index (χ0v) is 9.92. The van der Waals surface area contributed by atoms with Crippen LogP contribution in [0.15, 0.2) is 48.7 Å². The summed E-state index contributed by atoms with van der Waals surface area (Å²) in [5.74, 6) is 0.738. The van der Waals surface area contributed by atoms with Gasteiger partial charge in [-0.05, 0) is 24.3 Å². The fourth-order valence-corrected chi connectivity index (χ4v) is 1.59. The van der Waals surface area contributed by atoms with Crippen LogP contribution >= 0.6 is 23.8 Å². The Bertz CT molecular complexity index is 482. The van der Waals surface area contributed by atoms with E-state index in [1.54, 1.807) is 6.20 Å². The minimum Gasteiger partial charge on any atom is -0.331 e. The van der Waals surface area contributed by atoms with E-state index in [9.17, 15) is 0 Å². The van der Waals surface area contributed by atoms with Crippen molar-refractivity contribution >= 4 is 34.6 Å². The molecule has 0 radical (unpaired) electrons. The van der Waals surface area contributed by atoms with Gasteiger partial charge in [0.1, 0.15) is 10.8 Å². The molecule has 80 valence electrons. The first-order valence-corrected chi connectivity index (χ1v) is 5.52. The summed E-state index contributed by atoms with van der Waals surface area (Å²) in [4.78, 5) is 4.77. The lowest BCUT2D eigenvalue weighted by molar-refractivity contribution is 1.33. The van der Waals surface area contributed by atoms with E-state index in [1.807, 2.05) is 42.5 Å². The van der Waals surface area contributed by atoms with E-state index < -0.39 is 0 Å². The number of pyridine rings is 1. The van der Waals surface area contributed by atoms with Crippen LogP contribution in [0.4, 0.5) is 5.82 Å². The van der Waals surface area contributed by atoms with Gasteiger partial charge >= 0.3 is 0 Å². The average Bonchev–Trinajstić information content (AvgIpc) is 2.31. The molecule has 16 heavy (non-hydrogen) atoms. The van der Waals surface area contributed by atoms with Crippen LogP contribution in [0.2, 0.25) is 5.02 Å². The molecule has 4 heteroatoms. The van der Waals surface area contributed by atoms with Gasteiger partial charge in [0.15, 0.2) is 0 Å². The highest BCUT2D eigenvalue weighted by molar-refractivity contribution is 7.81. The Morgan fingerprint density at radius 3 is 2.50 bits per heavy atom. The summed E-state index contributed by atoms with van der Waals surface area (Å²) in [6.45, 7) is 0.